The number of alkyl halides is 5. The van der Waals surface area contributed by atoms with Crippen LogP contribution < -0.4 is 33.4 Å². The lowest BCUT2D eigenvalue weighted by Crippen LogP contribution is -2.35. The number of nitrogen functional groups attached to an aromatic ring is 3. The summed E-state index contributed by atoms with van der Waals surface area (Å²) >= 11 is 0. The molecule has 0 spiro atoms. The second kappa shape index (κ2) is 16.2. The summed E-state index contributed by atoms with van der Waals surface area (Å²) in [5.74, 6) is -0.228. The lowest BCUT2D eigenvalue weighted by Gasteiger charge is -2.16. The van der Waals surface area contributed by atoms with Gasteiger partial charge < -0.3 is 27.8 Å². The monoisotopic (exact) mass is 616 g/mol. The summed E-state index contributed by atoms with van der Waals surface area (Å²) in [6.45, 7) is 4.01. The first kappa shape index (κ1) is 35.8. The Hall–Kier alpha value is -4.26. The molecule has 0 aliphatic rings. The van der Waals surface area contributed by atoms with Crippen molar-refractivity contribution in [2.75, 3.05) is 16.8 Å². The maximum atomic E-state index is 13.1. The number of aromatic nitrogens is 2. The quantitative estimate of drug-likeness (QED) is 0.0724. The van der Waals surface area contributed by atoms with Gasteiger partial charge in [-0.3, -0.25) is 19.6 Å². The fraction of sp³-hybridized carbons (Fsp3) is 0.308. The van der Waals surface area contributed by atoms with Gasteiger partial charge in [0.15, 0.2) is 5.82 Å². The molecule has 3 rings (SSSR count). The van der Waals surface area contributed by atoms with Gasteiger partial charge in [-0.2, -0.15) is 13.2 Å². The molecule has 0 aliphatic carbocycles. The highest BCUT2D eigenvalue weighted by atomic mass is 31.0. The first-order valence-corrected chi connectivity index (χ1v) is 12.9. The zero-order valence-corrected chi connectivity index (χ0v) is 24.3. The van der Waals surface area contributed by atoms with E-state index in [4.69, 9.17) is 22.6 Å². The van der Waals surface area contributed by atoms with E-state index >= 15 is 0 Å². The van der Waals surface area contributed by atoms with E-state index in [0.29, 0.717) is 28.2 Å². The number of nitrogens with one attached hydrogen (secondary N) is 3. The van der Waals surface area contributed by atoms with Crippen LogP contribution in [0.5, 0.6) is 0 Å². The number of nitrogens with zero attached hydrogens (tertiary/aromatic N) is 2. The number of anilines is 3. The number of rotatable bonds is 8. The largest absolute Gasteiger partial charge is 0.399 e. The third-order valence-corrected chi connectivity index (χ3v) is 4.81. The molecule has 1 unspecified atom stereocenters. The lowest BCUT2D eigenvalue weighted by molar-refractivity contribution is -0.121. The lowest BCUT2D eigenvalue weighted by atomic mass is 10.1. The van der Waals surface area contributed by atoms with Gasteiger partial charge in [0, 0.05) is 42.0 Å². The molecule has 1 heterocycles. The number of halogens is 5. The van der Waals surface area contributed by atoms with E-state index in [1.807, 2.05) is 13.8 Å². The molecular formula is C26H34F5N8O2P. The van der Waals surface area contributed by atoms with Crippen LogP contribution in [-0.4, -0.2) is 39.7 Å². The van der Waals surface area contributed by atoms with Crippen molar-refractivity contribution in [1.82, 2.24) is 14.9 Å². The molecule has 42 heavy (non-hydrogen) atoms. The highest BCUT2D eigenvalue weighted by Gasteiger charge is 2.17. The van der Waals surface area contributed by atoms with Gasteiger partial charge in [0.2, 0.25) is 12.1 Å². The summed E-state index contributed by atoms with van der Waals surface area (Å²) in [6.07, 6.45) is -4.73. The zero-order valence-electron chi connectivity index (χ0n) is 23.1. The number of hydrogen-bond donors (Lipinski definition) is 6. The third kappa shape index (κ3) is 13.9. The number of carbonyl (C=O) groups is 1. The van der Waals surface area contributed by atoms with Crippen LogP contribution in [0.15, 0.2) is 53.5 Å². The van der Waals surface area contributed by atoms with Gasteiger partial charge in [0.1, 0.15) is 12.4 Å². The maximum Gasteiger partial charge on any atom is 0.386 e. The molecule has 9 N–H and O–H groups in total. The van der Waals surface area contributed by atoms with Gasteiger partial charge in [-0.1, -0.05) is 33.5 Å². The SMILES string of the molecule is CC(C)Nc1ncc(-c2cc(N)cc(N)c2)n(CC(=O)NCc2ccc(C(=N)N)cc2)c1=O.CC(F)(F)F.FC(F)P. The smallest absolute Gasteiger partial charge is 0.386 e. The van der Waals surface area contributed by atoms with Gasteiger partial charge in [0.05, 0.1) is 11.9 Å². The number of carbonyl (C=O) groups excluding carboxylic acids is 1. The minimum Gasteiger partial charge on any atom is -0.399 e. The number of amidine groups is 1. The molecule has 0 fully saturated rings. The minimum atomic E-state index is -4.00. The van der Waals surface area contributed by atoms with Crippen molar-refractivity contribution in [2.24, 2.45) is 5.73 Å². The van der Waals surface area contributed by atoms with Crippen molar-refractivity contribution in [3.05, 3.63) is 70.1 Å². The average Bonchev–Trinajstić information content (AvgIpc) is 2.83. The summed E-state index contributed by atoms with van der Waals surface area (Å²) in [4.78, 5) is 30.1. The van der Waals surface area contributed by atoms with Crippen molar-refractivity contribution < 1.29 is 26.7 Å². The fourth-order valence-electron chi connectivity index (χ4n) is 3.27. The molecule has 1 atom stereocenters. The number of amides is 1. The van der Waals surface area contributed by atoms with Crippen LogP contribution in [0, 0.1) is 5.41 Å². The van der Waals surface area contributed by atoms with E-state index in [-0.39, 0.29) is 43.6 Å². The van der Waals surface area contributed by atoms with Crippen LogP contribution in [0.4, 0.5) is 39.1 Å². The molecule has 0 aliphatic heterocycles. The van der Waals surface area contributed by atoms with Gasteiger partial charge in [0.25, 0.3) is 5.56 Å². The summed E-state index contributed by atoms with van der Waals surface area (Å²) in [5, 5.41) is 13.3. The molecule has 3 aromatic rings. The molecule has 1 aromatic heterocycles. The average molecular weight is 617 g/mol. The maximum absolute atomic E-state index is 13.1. The molecule has 1 amide bonds. The van der Waals surface area contributed by atoms with Crippen LogP contribution in [0.3, 0.4) is 0 Å². The Morgan fingerprint density at radius 2 is 1.60 bits per heavy atom. The molecule has 0 saturated heterocycles. The predicted octanol–water partition coefficient (Wildman–Crippen LogP) is 4.15. The highest BCUT2D eigenvalue weighted by Crippen LogP contribution is 2.24. The van der Waals surface area contributed by atoms with Gasteiger partial charge in [-0.15, -0.1) is 0 Å². The number of hydrogen-bond acceptors (Lipinski definition) is 7. The Bertz CT molecular complexity index is 1370. The van der Waals surface area contributed by atoms with Gasteiger partial charge in [-0.25, -0.2) is 13.8 Å². The van der Waals surface area contributed by atoms with Crippen LogP contribution in [0.2, 0.25) is 0 Å². The molecular weight excluding hydrogens is 582 g/mol. The summed E-state index contributed by atoms with van der Waals surface area (Å²) in [6, 6.07) is 11.9. The Morgan fingerprint density at radius 3 is 2.05 bits per heavy atom. The third-order valence-electron chi connectivity index (χ3n) is 4.81. The standard InChI is InChI=1S/C23H28N8O2.C2H3F3.CH3F2P/c1-13(2)30-22-23(33)31(19(11-29-22)16-7-17(24)9-18(25)8-16)12-20(32)28-10-14-3-5-15(6-4-14)21(26)27;1-2(3,4)5;2-1(3)4/h3-9,11,13H,10,12,24-25H2,1-2H3,(H3,26,27)(H,28,32)(H,29,30);1H3;1H,4H2. The van der Waals surface area contributed by atoms with Crippen molar-refractivity contribution in [2.45, 2.75) is 52.2 Å². The second-order valence-electron chi connectivity index (χ2n) is 9.07. The van der Waals surface area contributed by atoms with Crippen LogP contribution in [-0.2, 0) is 17.9 Å². The van der Waals surface area contributed by atoms with Crippen molar-refractivity contribution in [3.8, 4) is 11.3 Å². The zero-order chi connectivity index (χ0) is 32.2. The molecule has 10 nitrogen and oxygen atoms in total. The topological polar surface area (TPSA) is 178 Å². The Kier molecular flexibility index (Phi) is 13.8. The van der Waals surface area contributed by atoms with E-state index < -0.39 is 17.9 Å². The van der Waals surface area contributed by atoms with E-state index in [1.54, 1.807) is 42.5 Å². The van der Waals surface area contributed by atoms with Crippen molar-refractivity contribution in [1.29, 1.82) is 5.41 Å². The summed E-state index contributed by atoms with van der Waals surface area (Å²) in [5.41, 5.74) is 20.2. The van der Waals surface area contributed by atoms with E-state index in [9.17, 15) is 31.5 Å². The van der Waals surface area contributed by atoms with Crippen molar-refractivity contribution in [3.63, 3.8) is 0 Å². The molecule has 0 saturated carbocycles. The molecule has 0 radical (unpaired) electrons. The first-order chi connectivity index (χ1) is 19.4. The van der Waals surface area contributed by atoms with E-state index in [1.165, 1.54) is 20.0 Å². The molecule has 16 heteroatoms. The minimum absolute atomic E-state index is 0.0145. The number of benzene rings is 2. The first-order valence-electron chi connectivity index (χ1n) is 12.2. The van der Waals surface area contributed by atoms with Crippen LogP contribution in [0.25, 0.3) is 11.3 Å². The van der Waals surface area contributed by atoms with Crippen molar-refractivity contribution >= 4 is 38.2 Å². The van der Waals surface area contributed by atoms with Gasteiger partial charge >= 0.3 is 6.18 Å². The molecule has 230 valence electrons. The Labute approximate surface area is 241 Å². The normalized spacial score (nSPS) is 10.7. The second-order valence-corrected chi connectivity index (χ2v) is 9.58. The summed E-state index contributed by atoms with van der Waals surface area (Å²) < 4.78 is 53.0. The molecule has 0 bridgehead atoms. The summed E-state index contributed by atoms with van der Waals surface area (Å²) in [7, 11) is 1.32. The number of nitrogens with two attached hydrogens (primary N) is 3. The Balaban J connectivity index is 0.000000856. The predicted molar refractivity (Wildman–Crippen MR) is 158 cm³/mol. The van der Waals surface area contributed by atoms with E-state index in [2.05, 4.69) is 15.6 Å². The van der Waals surface area contributed by atoms with E-state index in [0.717, 1.165) is 5.56 Å². The van der Waals surface area contributed by atoms with Gasteiger partial charge in [-0.05, 0) is 37.6 Å². The highest BCUT2D eigenvalue weighted by molar-refractivity contribution is 7.16. The molecule has 2 aromatic carbocycles. The fourth-order valence-corrected chi connectivity index (χ4v) is 3.27. The Morgan fingerprint density at radius 1 is 1.10 bits per heavy atom. The van der Waals surface area contributed by atoms with Crippen LogP contribution in [0.1, 0.15) is 31.9 Å². The van der Waals surface area contributed by atoms with Crippen LogP contribution >= 0.6 is 9.24 Å².